The Bertz CT molecular complexity index is 930. The number of aryl methyl sites for hydroxylation is 1. The molecule has 1 amide bonds. The summed E-state index contributed by atoms with van der Waals surface area (Å²) < 4.78 is 15.9. The molecule has 6 heteroatoms. The topological polar surface area (TPSA) is 77.8 Å². The number of hydrogen-bond acceptors (Lipinski definition) is 5. The van der Waals surface area contributed by atoms with Crippen LogP contribution in [0, 0.1) is 6.92 Å². The molecule has 134 valence electrons. The molecule has 0 saturated heterocycles. The van der Waals surface area contributed by atoms with Crippen LogP contribution >= 0.6 is 0 Å². The molecule has 6 nitrogen and oxygen atoms in total. The first-order chi connectivity index (χ1) is 12.6. The van der Waals surface area contributed by atoms with Crippen LogP contribution in [0.25, 0.3) is 11.0 Å². The number of methoxy groups -OCH3 is 1. The van der Waals surface area contributed by atoms with E-state index in [1.807, 2.05) is 30.3 Å². The fourth-order valence-corrected chi connectivity index (χ4v) is 2.57. The summed E-state index contributed by atoms with van der Waals surface area (Å²) >= 11 is 0. The predicted octanol–water partition coefficient (Wildman–Crippen LogP) is 3.22. The van der Waals surface area contributed by atoms with Gasteiger partial charge in [0.25, 0.3) is 5.91 Å². The van der Waals surface area contributed by atoms with Crippen LogP contribution in [0.3, 0.4) is 0 Å². The standard InChI is InChI=1S/C20H19NO5/c1-13-16-10-15(24-2)8-9-17(16)26-19(13)20(23)21-11-18(22)25-12-14-6-4-3-5-7-14/h3-10H,11-12H2,1-2H3,(H,21,23). The molecule has 0 spiro atoms. The molecule has 0 aliphatic carbocycles. The molecule has 1 N–H and O–H groups in total. The zero-order chi connectivity index (χ0) is 18.5. The van der Waals surface area contributed by atoms with Crippen molar-refractivity contribution in [3.63, 3.8) is 0 Å². The van der Waals surface area contributed by atoms with Crippen LogP contribution in [-0.2, 0) is 16.1 Å². The van der Waals surface area contributed by atoms with Gasteiger partial charge in [-0.1, -0.05) is 30.3 Å². The van der Waals surface area contributed by atoms with Gasteiger partial charge in [-0.25, -0.2) is 0 Å². The molecule has 1 heterocycles. The summed E-state index contributed by atoms with van der Waals surface area (Å²) in [4.78, 5) is 24.1. The van der Waals surface area contributed by atoms with E-state index in [9.17, 15) is 9.59 Å². The Kier molecular flexibility index (Phi) is 5.22. The molecule has 0 saturated carbocycles. The first kappa shape index (κ1) is 17.5. The van der Waals surface area contributed by atoms with Crippen LogP contribution in [0.1, 0.15) is 21.7 Å². The van der Waals surface area contributed by atoms with Crippen molar-refractivity contribution in [2.24, 2.45) is 0 Å². The van der Waals surface area contributed by atoms with Crippen molar-refractivity contribution in [2.45, 2.75) is 13.5 Å². The molecule has 0 atom stereocenters. The summed E-state index contributed by atoms with van der Waals surface area (Å²) in [7, 11) is 1.57. The van der Waals surface area contributed by atoms with Crippen molar-refractivity contribution in [1.29, 1.82) is 0 Å². The minimum atomic E-state index is -0.516. The SMILES string of the molecule is COc1ccc2oc(C(=O)NCC(=O)OCc3ccccc3)c(C)c2c1. The summed E-state index contributed by atoms with van der Waals surface area (Å²) in [6.45, 7) is 1.72. The Labute approximate surface area is 150 Å². The molecule has 1 aromatic heterocycles. The average Bonchev–Trinajstić information content (AvgIpc) is 3.01. The fraction of sp³-hybridized carbons (Fsp3) is 0.200. The van der Waals surface area contributed by atoms with Crippen molar-refractivity contribution >= 4 is 22.8 Å². The number of amides is 1. The molecular weight excluding hydrogens is 334 g/mol. The van der Waals surface area contributed by atoms with Gasteiger partial charge in [0.15, 0.2) is 5.76 Å². The molecule has 3 aromatic rings. The smallest absolute Gasteiger partial charge is 0.325 e. The highest BCUT2D eigenvalue weighted by Crippen LogP contribution is 2.28. The number of carbonyl (C=O) groups excluding carboxylic acids is 2. The first-order valence-corrected chi connectivity index (χ1v) is 8.13. The second-order valence-electron chi connectivity index (χ2n) is 5.75. The fourth-order valence-electron chi connectivity index (χ4n) is 2.57. The van der Waals surface area contributed by atoms with Crippen molar-refractivity contribution < 1.29 is 23.5 Å². The van der Waals surface area contributed by atoms with Gasteiger partial charge in [-0.05, 0) is 30.7 Å². The highest BCUT2D eigenvalue weighted by Gasteiger charge is 2.19. The summed E-state index contributed by atoms with van der Waals surface area (Å²) in [6.07, 6.45) is 0. The third kappa shape index (κ3) is 3.85. The third-order valence-corrected chi connectivity index (χ3v) is 3.99. The van der Waals surface area contributed by atoms with Gasteiger partial charge in [-0.2, -0.15) is 0 Å². The van der Waals surface area contributed by atoms with E-state index in [4.69, 9.17) is 13.9 Å². The summed E-state index contributed by atoms with van der Waals surface area (Å²) in [5, 5.41) is 3.32. The van der Waals surface area contributed by atoms with E-state index < -0.39 is 11.9 Å². The van der Waals surface area contributed by atoms with E-state index in [2.05, 4.69) is 5.32 Å². The Morgan fingerprint density at radius 3 is 2.62 bits per heavy atom. The maximum Gasteiger partial charge on any atom is 0.325 e. The van der Waals surface area contributed by atoms with E-state index >= 15 is 0 Å². The molecule has 0 aliphatic rings. The lowest BCUT2D eigenvalue weighted by Gasteiger charge is -2.06. The van der Waals surface area contributed by atoms with Crippen LogP contribution in [0.2, 0.25) is 0 Å². The number of carbonyl (C=O) groups is 2. The number of nitrogens with one attached hydrogen (secondary N) is 1. The molecule has 0 unspecified atom stereocenters. The van der Waals surface area contributed by atoms with Crippen LogP contribution in [0.5, 0.6) is 5.75 Å². The van der Waals surface area contributed by atoms with Crippen molar-refractivity contribution in [3.8, 4) is 5.75 Å². The van der Waals surface area contributed by atoms with E-state index in [1.54, 1.807) is 32.2 Å². The third-order valence-electron chi connectivity index (χ3n) is 3.99. The summed E-state index contributed by atoms with van der Waals surface area (Å²) in [5.41, 5.74) is 2.16. The molecule has 0 radical (unpaired) electrons. The van der Waals surface area contributed by atoms with Crippen LogP contribution < -0.4 is 10.1 Å². The van der Waals surface area contributed by atoms with Crippen molar-refractivity contribution in [2.75, 3.05) is 13.7 Å². The maximum absolute atomic E-state index is 12.3. The van der Waals surface area contributed by atoms with Gasteiger partial charge in [0.1, 0.15) is 24.5 Å². The second-order valence-corrected chi connectivity index (χ2v) is 5.75. The van der Waals surface area contributed by atoms with E-state index in [0.29, 0.717) is 16.9 Å². The second kappa shape index (κ2) is 7.74. The number of rotatable bonds is 6. The van der Waals surface area contributed by atoms with E-state index in [1.165, 1.54) is 0 Å². The quantitative estimate of drug-likeness (QED) is 0.689. The van der Waals surface area contributed by atoms with Crippen LogP contribution in [-0.4, -0.2) is 25.5 Å². The zero-order valence-electron chi connectivity index (χ0n) is 14.6. The highest BCUT2D eigenvalue weighted by molar-refractivity contribution is 6.00. The largest absolute Gasteiger partial charge is 0.497 e. The average molecular weight is 353 g/mol. The normalized spacial score (nSPS) is 10.5. The molecule has 2 aromatic carbocycles. The van der Waals surface area contributed by atoms with Gasteiger partial charge in [-0.15, -0.1) is 0 Å². The lowest BCUT2D eigenvalue weighted by atomic mass is 10.1. The first-order valence-electron chi connectivity index (χ1n) is 8.13. The van der Waals surface area contributed by atoms with Crippen molar-refractivity contribution in [3.05, 3.63) is 65.4 Å². The maximum atomic E-state index is 12.3. The number of esters is 1. The Hall–Kier alpha value is -3.28. The number of hydrogen-bond donors (Lipinski definition) is 1. The Balaban J connectivity index is 1.60. The summed E-state index contributed by atoms with van der Waals surface area (Å²) in [5.74, 6) is -0.131. The lowest BCUT2D eigenvalue weighted by molar-refractivity contribution is -0.143. The molecule has 0 bridgehead atoms. The Morgan fingerprint density at radius 2 is 1.88 bits per heavy atom. The highest BCUT2D eigenvalue weighted by atomic mass is 16.5. The molecule has 3 rings (SSSR count). The van der Waals surface area contributed by atoms with Crippen molar-refractivity contribution in [1.82, 2.24) is 5.32 Å². The Morgan fingerprint density at radius 1 is 1.12 bits per heavy atom. The number of benzene rings is 2. The van der Waals surface area contributed by atoms with Crippen LogP contribution in [0.15, 0.2) is 52.9 Å². The lowest BCUT2D eigenvalue weighted by Crippen LogP contribution is -2.30. The molecule has 0 aliphatic heterocycles. The number of furan rings is 1. The van der Waals surface area contributed by atoms with Gasteiger partial charge in [0.05, 0.1) is 7.11 Å². The zero-order valence-corrected chi connectivity index (χ0v) is 14.6. The number of ether oxygens (including phenoxy) is 2. The monoisotopic (exact) mass is 353 g/mol. The van der Waals surface area contributed by atoms with Gasteiger partial charge < -0.3 is 19.2 Å². The van der Waals surface area contributed by atoms with Gasteiger partial charge in [0.2, 0.25) is 0 Å². The van der Waals surface area contributed by atoms with Gasteiger partial charge in [-0.3, -0.25) is 9.59 Å². The van der Waals surface area contributed by atoms with Gasteiger partial charge >= 0.3 is 5.97 Å². The molecular formula is C20H19NO5. The predicted molar refractivity (Wildman–Crippen MR) is 96.1 cm³/mol. The molecule has 26 heavy (non-hydrogen) atoms. The molecule has 0 fully saturated rings. The number of fused-ring (bicyclic) bond motifs is 1. The van der Waals surface area contributed by atoms with E-state index in [-0.39, 0.29) is 18.9 Å². The van der Waals surface area contributed by atoms with Gasteiger partial charge in [0, 0.05) is 10.9 Å². The minimum Gasteiger partial charge on any atom is -0.497 e. The van der Waals surface area contributed by atoms with Crippen LogP contribution in [0.4, 0.5) is 0 Å². The van der Waals surface area contributed by atoms with E-state index in [0.717, 1.165) is 10.9 Å². The summed E-state index contributed by atoms with van der Waals surface area (Å²) in [6, 6.07) is 14.6. The minimum absolute atomic E-state index is 0.166.